The van der Waals surface area contributed by atoms with Crippen LogP contribution in [-0.4, -0.2) is 32.7 Å². The van der Waals surface area contributed by atoms with Crippen LogP contribution in [0.25, 0.3) is 0 Å². The van der Waals surface area contributed by atoms with Gasteiger partial charge in [-0.1, -0.05) is 6.92 Å². The van der Waals surface area contributed by atoms with Crippen LogP contribution in [0.3, 0.4) is 0 Å². The lowest BCUT2D eigenvalue weighted by Gasteiger charge is -2.19. The molecule has 2 N–H and O–H groups in total. The second-order valence-electron chi connectivity index (χ2n) is 4.25. The van der Waals surface area contributed by atoms with Gasteiger partial charge in [0.25, 0.3) is 0 Å². The van der Waals surface area contributed by atoms with Crippen molar-refractivity contribution in [2.45, 2.75) is 25.9 Å². The molecule has 0 fully saturated rings. The van der Waals surface area contributed by atoms with Gasteiger partial charge in [-0.2, -0.15) is 13.2 Å². The van der Waals surface area contributed by atoms with E-state index in [1.54, 1.807) is 6.92 Å². The minimum atomic E-state index is -4.23. The van der Waals surface area contributed by atoms with Crippen molar-refractivity contribution in [2.75, 3.05) is 31.3 Å². The minimum Gasteiger partial charge on any atom is -0.492 e. The summed E-state index contributed by atoms with van der Waals surface area (Å²) in [6.07, 6.45) is -4.90. The molecule has 8 heteroatoms. The second kappa shape index (κ2) is 6.34. The summed E-state index contributed by atoms with van der Waals surface area (Å²) in [4.78, 5) is 13.5. The summed E-state index contributed by atoms with van der Waals surface area (Å²) >= 11 is 1.06. The Morgan fingerprint density at radius 1 is 1.45 bits per heavy atom. The minimum absolute atomic E-state index is 0.152. The first-order valence-corrected chi connectivity index (χ1v) is 6.80. The van der Waals surface area contributed by atoms with Gasteiger partial charge >= 0.3 is 6.18 Å². The standard InChI is InChI=1S/C12H17F3N2O2S/c1-4-7(18)10-8(16)9(19-3)11(20-10)17(2)6-5-12(13,14)15/h4-6,16H2,1-3H3. The van der Waals surface area contributed by atoms with Gasteiger partial charge in [-0.05, 0) is 0 Å². The average Bonchev–Trinajstić information content (AvgIpc) is 2.71. The Morgan fingerprint density at radius 3 is 2.50 bits per heavy atom. The molecule has 0 atom stereocenters. The van der Waals surface area contributed by atoms with Gasteiger partial charge in [0.2, 0.25) is 0 Å². The number of nitrogens with two attached hydrogens (primary N) is 1. The second-order valence-corrected chi connectivity index (χ2v) is 5.25. The first-order chi connectivity index (χ1) is 9.21. The van der Waals surface area contributed by atoms with Crippen LogP contribution in [0, 0.1) is 0 Å². The molecule has 1 rings (SSSR count). The maximum Gasteiger partial charge on any atom is 0.390 e. The Kier molecular flexibility index (Phi) is 5.27. The maximum atomic E-state index is 12.2. The quantitative estimate of drug-likeness (QED) is 0.819. The number of nitrogen functional groups attached to an aromatic ring is 1. The number of alkyl halides is 3. The van der Waals surface area contributed by atoms with E-state index in [1.807, 2.05) is 0 Å². The Hall–Kier alpha value is -1.44. The number of ketones is 1. The average molecular weight is 310 g/mol. The molecule has 0 amide bonds. The fourth-order valence-electron chi connectivity index (χ4n) is 1.63. The number of carbonyl (C=O) groups excluding carboxylic acids is 1. The lowest BCUT2D eigenvalue weighted by atomic mass is 10.2. The molecule has 0 radical (unpaired) electrons. The SMILES string of the molecule is CCC(=O)c1sc(N(C)CCC(F)(F)F)c(OC)c1N. The Bertz CT molecular complexity index is 486. The number of halogens is 3. The molecule has 0 unspecified atom stereocenters. The predicted molar refractivity (Wildman–Crippen MR) is 73.8 cm³/mol. The van der Waals surface area contributed by atoms with Crippen molar-refractivity contribution in [2.24, 2.45) is 0 Å². The molecule has 0 aliphatic rings. The highest BCUT2D eigenvalue weighted by molar-refractivity contribution is 7.19. The Morgan fingerprint density at radius 2 is 2.05 bits per heavy atom. The van der Waals surface area contributed by atoms with Crippen molar-refractivity contribution >= 4 is 27.8 Å². The highest BCUT2D eigenvalue weighted by Crippen LogP contribution is 2.45. The van der Waals surface area contributed by atoms with Crippen LogP contribution < -0.4 is 15.4 Å². The van der Waals surface area contributed by atoms with E-state index in [9.17, 15) is 18.0 Å². The van der Waals surface area contributed by atoms with Gasteiger partial charge < -0.3 is 15.4 Å². The third-order valence-electron chi connectivity index (χ3n) is 2.74. The third kappa shape index (κ3) is 3.78. The molecule has 1 aromatic rings. The monoisotopic (exact) mass is 310 g/mol. The van der Waals surface area contributed by atoms with Crippen LogP contribution in [0.2, 0.25) is 0 Å². The molecular formula is C12H17F3N2O2S. The molecule has 4 nitrogen and oxygen atoms in total. The Labute approximate surface area is 119 Å². The van der Waals surface area contributed by atoms with Gasteiger partial charge in [0.1, 0.15) is 5.00 Å². The van der Waals surface area contributed by atoms with E-state index in [4.69, 9.17) is 10.5 Å². The summed E-state index contributed by atoms with van der Waals surface area (Å²) in [6.45, 7) is 1.47. The van der Waals surface area contributed by atoms with Crippen molar-refractivity contribution in [3.8, 4) is 5.75 Å². The van der Waals surface area contributed by atoms with Gasteiger partial charge in [0.05, 0.1) is 24.1 Å². The van der Waals surface area contributed by atoms with Gasteiger partial charge in [0, 0.05) is 20.0 Å². The topological polar surface area (TPSA) is 55.6 Å². The van der Waals surface area contributed by atoms with Gasteiger partial charge in [0.15, 0.2) is 11.5 Å². The number of rotatable bonds is 6. The molecule has 0 aliphatic carbocycles. The zero-order valence-electron chi connectivity index (χ0n) is 11.5. The third-order valence-corrected chi connectivity index (χ3v) is 4.08. The van der Waals surface area contributed by atoms with Crippen molar-refractivity contribution in [3.63, 3.8) is 0 Å². The molecule has 0 spiro atoms. The summed E-state index contributed by atoms with van der Waals surface area (Å²) in [7, 11) is 2.89. The van der Waals surface area contributed by atoms with Crippen molar-refractivity contribution in [1.29, 1.82) is 0 Å². The summed E-state index contributed by atoms with van der Waals surface area (Å²) in [5.74, 6) is 0.109. The molecule has 0 saturated carbocycles. The first-order valence-electron chi connectivity index (χ1n) is 5.98. The molecule has 114 valence electrons. The van der Waals surface area contributed by atoms with E-state index < -0.39 is 12.6 Å². The zero-order valence-corrected chi connectivity index (χ0v) is 12.3. The summed E-state index contributed by atoms with van der Waals surface area (Å²) in [5.41, 5.74) is 6.02. The van der Waals surface area contributed by atoms with E-state index in [0.717, 1.165) is 11.3 Å². The highest BCUT2D eigenvalue weighted by Gasteiger charge is 2.29. The van der Waals surface area contributed by atoms with Crippen LogP contribution in [-0.2, 0) is 0 Å². The molecule has 1 aromatic heterocycles. The lowest BCUT2D eigenvalue weighted by molar-refractivity contribution is -0.132. The first kappa shape index (κ1) is 16.6. The van der Waals surface area contributed by atoms with Crippen molar-refractivity contribution < 1.29 is 22.7 Å². The highest BCUT2D eigenvalue weighted by atomic mass is 32.1. The summed E-state index contributed by atoms with van der Waals surface area (Å²) < 4.78 is 41.9. The number of nitrogens with zero attached hydrogens (tertiary/aromatic N) is 1. The number of thiophene rings is 1. The smallest absolute Gasteiger partial charge is 0.390 e. The van der Waals surface area contributed by atoms with Crippen LogP contribution in [0.1, 0.15) is 29.4 Å². The fourth-order valence-corrected chi connectivity index (χ4v) is 2.82. The molecule has 1 heterocycles. The zero-order chi connectivity index (χ0) is 15.5. The summed E-state index contributed by atoms with van der Waals surface area (Å²) in [6, 6.07) is 0. The normalized spacial score (nSPS) is 11.5. The van der Waals surface area contributed by atoms with E-state index in [-0.39, 0.29) is 30.2 Å². The molecule has 0 aliphatic heterocycles. The lowest BCUT2D eigenvalue weighted by Crippen LogP contribution is -2.23. The number of anilines is 2. The van der Waals surface area contributed by atoms with E-state index in [2.05, 4.69) is 0 Å². The number of carbonyl (C=O) groups is 1. The molecule has 0 bridgehead atoms. The molecule has 20 heavy (non-hydrogen) atoms. The maximum absolute atomic E-state index is 12.2. The van der Waals surface area contributed by atoms with Crippen molar-refractivity contribution in [3.05, 3.63) is 4.88 Å². The molecular weight excluding hydrogens is 293 g/mol. The van der Waals surface area contributed by atoms with Crippen LogP contribution in [0.5, 0.6) is 5.75 Å². The number of methoxy groups -OCH3 is 1. The molecule has 0 saturated heterocycles. The van der Waals surface area contributed by atoms with Gasteiger partial charge in [-0.3, -0.25) is 4.79 Å². The summed E-state index contributed by atoms with van der Waals surface area (Å²) in [5, 5.41) is 0.436. The molecule has 0 aromatic carbocycles. The largest absolute Gasteiger partial charge is 0.492 e. The van der Waals surface area contributed by atoms with Crippen LogP contribution >= 0.6 is 11.3 Å². The number of Topliss-reactive ketones (excluding diaryl/α,β-unsaturated/α-hetero) is 1. The van der Waals surface area contributed by atoms with E-state index in [0.29, 0.717) is 9.88 Å². The van der Waals surface area contributed by atoms with Gasteiger partial charge in [-0.15, -0.1) is 11.3 Å². The van der Waals surface area contributed by atoms with Crippen LogP contribution in [0.4, 0.5) is 23.9 Å². The van der Waals surface area contributed by atoms with Crippen LogP contribution in [0.15, 0.2) is 0 Å². The number of ether oxygens (including phenoxy) is 1. The Balaban J connectivity index is 3.02. The van der Waals surface area contributed by atoms with E-state index >= 15 is 0 Å². The predicted octanol–water partition coefficient (Wildman–Crippen LogP) is 3.32. The number of hydrogen-bond acceptors (Lipinski definition) is 5. The fraction of sp³-hybridized carbons (Fsp3) is 0.583. The van der Waals surface area contributed by atoms with E-state index in [1.165, 1.54) is 19.1 Å². The number of hydrogen-bond donors (Lipinski definition) is 1. The van der Waals surface area contributed by atoms with Crippen molar-refractivity contribution in [1.82, 2.24) is 0 Å². The van der Waals surface area contributed by atoms with Gasteiger partial charge in [-0.25, -0.2) is 0 Å².